The van der Waals surface area contributed by atoms with Crippen LogP contribution < -0.4 is 10.6 Å². The smallest absolute Gasteiger partial charge is 0.313 e. The first kappa shape index (κ1) is 19.8. The first-order valence-corrected chi connectivity index (χ1v) is 10.1. The normalized spacial score (nSPS) is 15.9. The molecule has 1 fully saturated rings. The minimum absolute atomic E-state index is 0.0183. The number of nitrogens with one attached hydrogen (secondary N) is 2. The summed E-state index contributed by atoms with van der Waals surface area (Å²) in [6, 6.07) is 7.22. The Morgan fingerprint density at radius 3 is 2.74 bits per heavy atom. The van der Waals surface area contributed by atoms with E-state index in [-0.39, 0.29) is 6.04 Å². The molecular formula is C19H22ClN3O3S. The Bertz CT molecular complexity index is 792. The van der Waals surface area contributed by atoms with Gasteiger partial charge in [-0.2, -0.15) is 11.3 Å². The second kappa shape index (κ2) is 9.32. The molecule has 0 radical (unpaired) electrons. The number of aryl methyl sites for hydroxylation is 1. The van der Waals surface area contributed by atoms with Crippen LogP contribution in [-0.4, -0.2) is 49.6 Å². The monoisotopic (exact) mass is 407 g/mol. The van der Waals surface area contributed by atoms with Crippen molar-refractivity contribution in [2.75, 3.05) is 38.2 Å². The average molecular weight is 408 g/mol. The number of carbonyl (C=O) groups is 2. The maximum atomic E-state index is 12.3. The van der Waals surface area contributed by atoms with E-state index in [1.807, 2.05) is 18.4 Å². The molecule has 2 aromatic rings. The van der Waals surface area contributed by atoms with Crippen molar-refractivity contribution >= 4 is 40.4 Å². The fourth-order valence-electron chi connectivity index (χ4n) is 2.99. The van der Waals surface area contributed by atoms with E-state index in [4.69, 9.17) is 16.3 Å². The van der Waals surface area contributed by atoms with E-state index in [2.05, 4.69) is 20.9 Å². The molecule has 1 atom stereocenters. The number of thiophene rings is 1. The number of nitrogens with zero attached hydrogens (tertiary/aromatic N) is 1. The molecule has 0 spiro atoms. The van der Waals surface area contributed by atoms with E-state index in [0.717, 1.165) is 24.2 Å². The lowest BCUT2D eigenvalue weighted by atomic mass is 10.1. The highest BCUT2D eigenvalue weighted by Gasteiger charge is 2.25. The average Bonchev–Trinajstić information content (AvgIpc) is 3.20. The van der Waals surface area contributed by atoms with Crippen LogP contribution in [0.5, 0.6) is 0 Å². The lowest BCUT2D eigenvalue weighted by molar-refractivity contribution is -0.136. The zero-order valence-corrected chi connectivity index (χ0v) is 16.6. The fraction of sp³-hybridized carbons (Fsp3) is 0.368. The molecule has 27 heavy (non-hydrogen) atoms. The fourth-order valence-corrected chi connectivity index (χ4v) is 3.87. The minimum Gasteiger partial charge on any atom is -0.379 e. The third kappa shape index (κ3) is 5.29. The third-order valence-electron chi connectivity index (χ3n) is 4.52. The highest BCUT2D eigenvalue weighted by Crippen LogP contribution is 2.23. The lowest BCUT2D eigenvalue weighted by Gasteiger charge is -2.34. The van der Waals surface area contributed by atoms with Gasteiger partial charge >= 0.3 is 11.8 Å². The molecule has 2 amide bonds. The van der Waals surface area contributed by atoms with Crippen LogP contribution in [-0.2, 0) is 14.3 Å². The molecule has 2 heterocycles. The molecule has 6 nitrogen and oxygen atoms in total. The number of benzene rings is 1. The first-order valence-electron chi connectivity index (χ1n) is 8.74. The second-order valence-electron chi connectivity index (χ2n) is 6.34. The predicted molar refractivity (Wildman–Crippen MR) is 107 cm³/mol. The maximum Gasteiger partial charge on any atom is 0.313 e. The van der Waals surface area contributed by atoms with Crippen molar-refractivity contribution in [1.82, 2.24) is 10.2 Å². The Kier molecular flexibility index (Phi) is 6.84. The Labute approximate surface area is 167 Å². The molecular weight excluding hydrogens is 386 g/mol. The Morgan fingerprint density at radius 2 is 2.04 bits per heavy atom. The van der Waals surface area contributed by atoms with Gasteiger partial charge in [0.2, 0.25) is 0 Å². The Balaban J connectivity index is 1.61. The van der Waals surface area contributed by atoms with Crippen LogP contribution in [0.1, 0.15) is 17.2 Å². The van der Waals surface area contributed by atoms with Crippen molar-refractivity contribution in [1.29, 1.82) is 0 Å². The van der Waals surface area contributed by atoms with Gasteiger partial charge in [-0.1, -0.05) is 17.7 Å². The molecule has 1 aliphatic rings. The Morgan fingerprint density at radius 1 is 1.26 bits per heavy atom. The van der Waals surface area contributed by atoms with Crippen LogP contribution in [0.3, 0.4) is 0 Å². The minimum atomic E-state index is -0.702. The molecule has 144 valence electrons. The number of halogens is 1. The zero-order valence-electron chi connectivity index (χ0n) is 15.0. The molecule has 1 saturated heterocycles. The van der Waals surface area contributed by atoms with Gasteiger partial charge in [-0.15, -0.1) is 0 Å². The highest BCUT2D eigenvalue weighted by atomic mass is 35.5. The van der Waals surface area contributed by atoms with Crippen LogP contribution >= 0.6 is 22.9 Å². The number of amides is 2. The van der Waals surface area contributed by atoms with Crippen molar-refractivity contribution in [2.24, 2.45) is 0 Å². The summed E-state index contributed by atoms with van der Waals surface area (Å²) in [6.07, 6.45) is 0. The zero-order chi connectivity index (χ0) is 19.2. The number of anilines is 1. The van der Waals surface area contributed by atoms with Gasteiger partial charge in [-0.25, -0.2) is 0 Å². The number of carbonyl (C=O) groups excluding carboxylic acids is 2. The molecule has 1 aromatic carbocycles. The summed E-state index contributed by atoms with van der Waals surface area (Å²) in [7, 11) is 0. The second-order valence-corrected chi connectivity index (χ2v) is 7.56. The van der Waals surface area contributed by atoms with Gasteiger partial charge in [-0.05, 0) is 47.0 Å². The van der Waals surface area contributed by atoms with Gasteiger partial charge in [0, 0.05) is 30.3 Å². The number of hydrogen-bond acceptors (Lipinski definition) is 5. The van der Waals surface area contributed by atoms with E-state index < -0.39 is 11.8 Å². The number of morpholine rings is 1. The maximum absolute atomic E-state index is 12.3. The summed E-state index contributed by atoms with van der Waals surface area (Å²) < 4.78 is 5.42. The van der Waals surface area contributed by atoms with Gasteiger partial charge in [-0.3, -0.25) is 14.5 Å². The van der Waals surface area contributed by atoms with Gasteiger partial charge in [0.1, 0.15) is 0 Å². The predicted octanol–water partition coefficient (Wildman–Crippen LogP) is 2.84. The first-order chi connectivity index (χ1) is 13.0. The summed E-state index contributed by atoms with van der Waals surface area (Å²) in [4.78, 5) is 26.8. The van der Waals surface area contributed by atoms with Crippen LogP contribution in [0.4, 0.5) is 5.69 Å². The standard InChI is InChI=1S/C19H22ClN3O3S/c1-13-2-3-15(20)10-16(13)22-19(25)18(24)21-11-17(14-4-9-27-12-14)23-5-7-26-8-6-23/h2-4,9-10,12,17H,5-8,11H2,1H3,(H,21,24)(H,22,25). The molecule has 8 heteroatoms. The molecule has 3 rings (SSSR count). The van der Waals surface area contributed by atoms with Crippen molar-refractivity contribution in [3.05, 3.63) is 51.2 Å². The SMILES string of the molecule is Cc1ccc(Cl)cc1NC(=O)C(=O)NCC(c1ccsc1)N1CCOCC1. The summed E-state index contributed by atoms with van der Waals surface area (Å²) in [5.41, 5.74) is 2.50. The van der Waals surface area contributed by atoms with Crippen molar-refractivity contribution in [3.8, 4) is 0 Å². The van der Waals surface area contributed by atoms with Gasteiger partial charge in [0.25, 0.3) is 0 Å². The molecule has 1 aliphatic heterocycles. The molecule has 0 bridgehead atoms. The quantitative estimate of drug-likeness (QED) is 0.748. The summed E-state index contributed by atoms with van der Waals surface area (Å²) in [5.74, 6) is -1.37. The molecule has 0 aliphatic carbocycles. The van der Waals surface area contributed by atoms with E-state index in [1.54, 1.807) is 29.5 Å². The number of hydrogen-bond donors (Lipinski definition) is 2. The van der Waals surface area contributed by atoms with Crippen LogP contribution in [0, 0.1) is 6.92 Å². The summed E-state index contributed by atoms with van der Waals surface area (Å²) in [6.45, 7) is 5.13. The molecule has 2 N–H and O–H groups in total. The summed E-state index contributed by atoms with van der Waals surface area (Å²) >= 11 is 7.57. The van der Waals surface area contributed by atoms with Gasteiger partial charge in [0.05, 0.1) is 19.3 Å². The largest absolute Gasteiger partial charge is 0.379 e. The van der Waals surface area contributed by atoms with E-state index in [0.29, 0.717) is 30.5 Å². The highest BCUT2D eigenvalue weighted by molar-refractivity contribution is 7.08. The van der Waals surface area contributed by atoms with E-state index in [1.165, 1.54) is 0 Å². The molecule has 1 aromatic heterocycles. The van der Waals surface area contributed by atoms with Crippen molar-refractivity contribution < 1.29 is 14.3 Å². The number of ether oxygens (including phenoxy) is 1. The van der Waals surface area contributed by atoms with Crippen molar-refractivity contribution in [3.63, 3.8) is 0 Å². The van der Waals surface area contributed by atoms with E-state index in [9.17, 15) is 9.59 Å². The van der Waals surface area contributed by atoms with Crippen molar-refractivity contribution in [2.45, 2.75) is 13.0 Å². The van der Waals surface area contributed by atoms with Crippen LogP contribution in [0.2, 0.25) is 5.02 Å². The Hall–Kier alpha value is -1.93. The van der Waals surface area contributed by atoms with Crippen LogP contribution in [0.25, 0.3) is 0 Å². The summed E-state index contributed by atoms with van der Waals surface area (Å²) in [5, 5.41) is 9.97. The topological polar surface area (TPSA) is 70.7 Å². The lowest BCUT2D eigenvalue weighted by Crippen LogP contribution is -2.45. The van der Waals surface area contributed by atoms with Crippen LogP contribution in [0.15, 0.2) is 35.0 Å². The van der Waals surface area contributed by atoms with Gasteiger partial charge in [0.15, 0.2) is 0 Å². The van der Waals surface area contributed by atoms with E-state index >= 15 is 0 Å². The third-order valence-corrected chi connectivity index (χ3v) is 5.46. The molecule has 0 saturated carbocycles. The number of rotatable bonds is 5. The molecule has 1 unspecified atom stereocenters. The van der Waals surface area contributed by atoms with Gasteiger partial charge < -0.3 is 15.4 Å².